The highest BCUT2D eigenvalue weighted by atomic mass is 16.5. The van der Waals surface area contributed by atoms with Gasteiger partial charge in [0, 0.05) is 12.8 Å². The highest BCUT2D eigenvalue weighted by Crippen LogP contribution is 2.20. The van der Waals surface area contributed by atoms with E-state index < -0.39 is 12.1 Å². The summed E-state index contributed by atoms with van der Waals surface area (Å²) in [4.78, 5) is 24.7. The number of amides is 1. The maximum absolute atomic E-state index is 12.6. The van der Waals surface area contributed by atoms with Gasteiger partial charge in [-0.05, 0) is 57.8 Å². The molecule has 0 aliphatic heterocycles. The Morgan fingerprint density at radius 1 is 0.326 bits per heavy atom. The molecule has 2 atom stereocenters. The third kappa shape index (κ3) is 71.4. The van der Waals surface area contributed by atoms with Gasteiger partial charge in [0.05, 0.1) is 25.4 Å². The van der Waals surface area contributed by atoms with Gasteiger partial charge >= 0.3 is 5.97 Å². The summed E-state index contributed by atoms with van der Waals surface area (Å²) < 4.78 is 5.51. The Hall–Kier alpha value is -1.66. The number of carbonyl (C=O) groups excluding carboxylic acids is 2. The number of hydrogen-bond acceptors (Lipinski definition) is 5. The zero-order chi connectivity index (χ0) is 62.0. The van der Waals surface area contributed by atoms with Crippen LogP contribution >= 0.6 is 0 Å². The van der Waals surface area contributed by atoms with Crippen LogP contribution in [-0.2, 0) is 14.3 Å². The van der Waals surface area contributed by atoms with E-state index in [0.717, 1.165) is 44.9 Å². The van der Waals surface area contributed by atoms with Crippen molar-refractivity contribution in [3.63, 3.8) is 0 Å². The second-order valence-corrected chi connectivity index (χ2v) is 27.4. The van der Waals surface area contributed by atoms with Crippen molar-refractivity contribution in [2.24, 2.45) is 0 Å². The lowest BCUT2D eigenvalue weighted by atomic mass is 10.0. The van der Waals surface area contributed by atoms with Gasteiger partial charge in [0.1, 0.15) is 0 Å². The third-order valence-corrected chi connectivity index (χ3v) is 18.8. The van der Waals surface area contributed by atoms with Gasteiger partial charge in [0.2, 0.25) is 5.91 Å². The fourth-order valence-electron chi connectivity index (χ4n) is 12.7. The minimum Gasteiger partial charge on any atom is -0.466 e. The molecule has 0 heterocycles. The molecule has 1 amide bonds. The van der Waals surface area contributed by atoms with E-state index in [4.69, 9.17) is 4.74 Å². The molecule has 6 nitrogen and oxygen atoms in total. The number of unbranched alkanes of at least 4 members (excludes halogenated alkanes) is 60. The van der Waals surface area contributed by atoms with Crippen LogP contribution in [0.25, 0.3) is 0 Å². The summed E-state index contributed by atoms with van der Waals surface area (Å²) in [5.74, 6) is -0.0109. The predicted molar refractivity (Wildman–Crippen MR) is 380 cm³/mol. The zero-order valence-electron chi connectivity index (χ0n) is 58.6. The molecule has 0 aliphatic carbocycles. The molecule has 0 saturated heterocycles. The highest BCUT2D eigenvalue weighted by Gasteiger charge is 2.20. The summed E-state index contributed by atoms with van der Waals surface area (Å²) in [5.41, 5.74) is 0. The van der Waals surface area contributed by atoms with Crippen LogP contribution in [0.1, 0.15) is 450 Å². The monoisotopic (exact) mass is 1210 g/mol. The van der Waals surface area contributed by atoms with Crippen LogP contribution in [0, 0.1) is 0 Å². The average molecular weight is 1210 g/mol. The molecule has 0 bridgehead atoms. The maximum Gasteiger partial charge on any atom is 0.305 e. The molecule has 0 radical (unpaired) electrons. The van der Waals surface area contributed by atoms with E-state index in [1.165, 1.54) is 372 Å². The predicted octanol–water partition coefficient (Wildman–Crippen LogP) is 26.0. The van der Waals surface area contributed by atoms with Gasteiger partial charge in [-0.15, -0.1) is 0 Å². The largest absolute Gasteiger partial charge is 0.466 e. The summed E-state index contributed by atoms with van der Waals surface area (Å²) in [6.07, 6.45) is 96.9. The molecule has 0 fully saturated rings. The number of hydrogen-bond donors (Lipinski definition) is 3. The van der Waals surface area contributed by atoms with Crippen LogP contribution in [0.4, 0.5) is 0 Å². The summed E-state index contributed by atoms with van der Waals surface area (Å²) in [6, 6.07) is -0.542. The first-order chi connectivity index (χ1) is 42.5. The standard InChI is InChI=1S/C80H155NO5/c1-3-5-7-9-11-13-15-17-19-21-22-34-37-41-44-48-52-56-60-64-68-72-78(83)77(76-82)81-79(84)73-69-65-61-57-53-49-45-42-38-35-32-30-28-26-24-23-25-27-29-31-33-36-39-43-47-51-55-59-63-67-71-75-86-80(85)74-70-66-62-58-54-50-46-40-20-18-16-14-12-10-8-6-4-2/h25,27,31,33,77-78,82-83H,3-24,26,28-30,32,34-76H2,1-2H3,(H,81,84)/b27-25-,33-31-. The van der Waals surface area contributed by atoms with E-state index in [1.807, 2.05) is 0 Å². The van der Waals surface area contributed by atoms with Crippen molar-refractivity contribution in [2.45, 2.75) is 463 Å². The molecular weight excluding hydrogens is 1050 g/mol. The molecule has 0 aliphatic rings. The minimum absolute atomic E-state index is 0.0183. The number of aliphatic hydroxyl groups is 2. The van der Waals surface area contributed by atoms with Crippen LogP contribution in [0.3, 0.4) is 0 Å². The number of allylic oxidation sites excluding steroid dienone is 4. The fourth-order valence-corrected chi connectivity index (χ4v) is 12.7. The van der Waals surface area contributed by atoms with E-state index in [9.17, 15) is 19.8 Å². The number of carbonyl (C=O) groups is 2. The molecule has 0 aromatic rings. The van der Waals surface area contributed by atoms with Crippen LogP contribution in [0.15, 0.2) is 24.3 Å². The molecule has 510 valence electrons. The van der Waals surface area contributed by atoms with Gasteiger partial charge in [-0.25, -0.2) is 0 Å². The molecule has 6 heteroatoms. The zero-order valence-corrected chi connectivity index (χ0v) is 58.6. The maximum atomic E-state index is 12.6. The second kappa shape index (κ2) is 75.8. The summed E-state index contributed by atoms with van der Waals surface area (Å²) in [6.45, 7) is 5.01. The van der Waals surface area contributed by atoms with E-state index in [2.05, 4.69) is 43.5 Å². The topological polar surface area (TPSA) is 95.9 Å². The van der Waals surface area contributed by atoms with Gasteiger partial charge in [0.25, 0.3) is 0 Å². The lowest BCUT2D eigenvalue weighted by Gasteiger charge is -2.22. The lowest BCUT2D eigenvalue weighted by molar-refractivity contribution is -0.143. The van der Waals surface area contributed by atoms with Gasteiger partial charge < -0.3 is 20.3 Å². The Morgan fingerprint density at radius 2 is 0.581 bits per heavy atom. The number of rotatable bonds is 75. The van der Waals surface area contributed by atoms with Crippen LogP contribution < -0.4 is 5.32 Å². The van der Waals surface area contributed by atoms with Gasteiger partial charge in [-0.2, -0.15) is 0 Å². The van der Waals surface area contributed by atoms with Crippen LogP contribution in [0.5, 0.6) is 0 Å². The Balaban J connectivity index is 3.38. The molecule has 0 aromatic heterocycles. The first-order valence-corrected chi connectivity index (χ1v) is 39.6. The quantitative estimate of drug-likeness (QED) is 0.0320. The van der Waals surface area contributed by atoms with Crippen molar-refractivity contribution in [2.75, 3.05) is 13.2 Å². The van der Waals surface area contributed by atoms with Crippen molar-refractivity contribution in [1.82, 2.24) is 5.32 Å². The molecule has 0 spiro atoms. The SMILES string of the molecule is CCCCCCCCCCCCCCCCCCCCCCCC(O)C(CO)NC(=O)CCCCCCCCCCCCCCCCC/C=C\C/C=C\CCCCCCCCCCCOC(=O)CCCCCCCCCCCCCCCCCCC. The highest BCUT2D eigenvalue weighted by molar-refractivity contribution is 5.76. The first-order valence-electron chi connectivity index (χ1n) is 39.6. The summed E-state index contributed by atoms with van der Waals surface area (Å²) >= 11 is 0. The molecule has 2 unspecified atom stereocenters. The lowest BCUT2D eigenvalue weighted by Crippen LogP contribution is -2.45. The van der Waals surface area contributed by atoms with Gasteiger partial charge in [0.15, 0.2) is 0 Å². The molecule has 0 aromatic carbocycles. The second-order valence-electron chi connectivity index (χ2n) is 27.4. The minimum atomic E-state index is -0.665. The molecule has 0 saturated carbocycles. The van der Waals surface area contributed by atoms with E-state index in [-0.39, 0.29) is 18.5 Å². The van der Waals surface area contributed by atoms with Crippen molar-refractivity contribution < 1.29 is 24.5 Å². The molecule has 3 N–H and O–H groups in total. The van der Waals surface area contributed by atoms with E-state index in [0.29, 0.717) is 25.9 Å². The number of esters is 1. The average Bonchev–Trinajstić information content (AvgIpc) is 3.57. The molecule has 0 rings (SSSR count). The van der Waals surface area contributed by atoms with Crippen molar-refractivity contribution in [3.05, 3.63) is 24.3 Å². The Labute approximate surface area is 539 Å². The number of aliphatic hydroxyl groups excluding tert-OH is 2. The Morgan fingerprint density at radius 3 is 0.884 bits per heavy atom. The van der Waals surface area contributed by atoms with Gasteiger partial charge in [-0.1, -0.05) is 404 Å². The van der Waals surface area contributed by atoms with E-state index in [1.54, 1.807) is 0 Å². The smallest absolute Gasteiger partial charge is 0.305 e. The third-order valence-electron chi connectivity index (χ3n) is 18.8. The molecule has 86 heavy (non-hydrogen) atoms. The van der Waals surface area contributed by atoms with Crippen molar-refractivity contribution >= 4 is 11.9 Å². The number of nitrogens with one attached hydrogen (secondary N) is 1. The summed E-state index contributed by atoms with van der Waals surface area (Å²) in [7, 11) is 0. The normalized spacial score (nSPS) is 12.6. The van der Waals surface area contributed by atoms with E-state index >= 15 is 0 Å². The van der Waals surface area contributed by atoms with Crippen LogP contribution in [0.2, 0.25) is 0 Å². The Bertz CT molecular complexity index is 1350. The van der Waals surface area contributed by atoms with Crippen molar-refractivity contribution in [3.8, 4) is 0 Å². The van der Waals surface area contributed by atoms with Crippen LogP contribution in [-0.4, -0.2) is 47.4 Å². The first kappa shape index (κ1) is 84.3. The molecular formula is C80H155NO5. The number of ether oxygens (including phenoxy) is 1. The fraction of sp³-hybridized carbons (Fsp3) is 0.925. The van der Waals surface area contributed by atoms with Crippen molar-refractivity contribution in [1.29, 1.82) is 0 Å². The van der Waals surface area contributed by atoms with Gasteiger partial charge in [-0.3, -0.25) is 9.59 Å². The summed E-state index contributed by atoms with van der Waals surface area (Å²) in [5, 5.41) is 23.4. The Kier molecular flexibility index (Phi) is 74.3.